The first-order valence-corrected chi connectivity index (χ1v) is 8.06. The van der Waals surface area contributed by atoms with E-state index in [0.717, 1.165) is 25.9 Å². The van der Waals surface area contributed by atoms with E-state index in [1.807, 2.05) is 4.90 Å². The first-order chi connectivity index (χ1) is 10.1. The maximum absolute atomic E-state index is 12.2. The second-order valence-electron chi connectivity index (χ2n) is 5.50. The molecule has 0 aromatic carbocycles. The van der Waals surface area contributed by atoms with E-state index in [9.17, 15) is 14.7 Å². The summed E-state index contributed by atoms with van der Waals surface area (Å²) in [7, 11) is 0. The van der Waals surface area contributed by atoms with E-state index in [2.05, 4.69) is 10.6 Å². The Balaban J connectivity index is 1.59. The molecule has 3 N–H and O–H groups in total. The van der Waals surface area contributed by atoms with Gasteiger partial charge in [0, 0.05) is 19.6 Å². The fourth-order valence-corrected chi connectivity index (χ4v) is 3.60. The number of hydrogen-bond donors (Lipinski definition) is 3. The van der Waals surface area contributed by atoms with Crippen molar-refractivity contribution in [3.63, 3.8) is 0 Å². The first-order valence-electron chi connectivity index (χ1n) is 7.25. The average Bonchev–Trinajstić information content (AvgIpc) is 3.18. The summed E-state index contributed by atoms with van der Waals surface area (Å²) in [4.78, 5) is 26.8. The molecule has 0 saturated carbocycles. The number of nitrogens with one attached hydrogen (secondary N) is 2. The lowest BCUT2D eigenvalue weighted by atomic mass is 10.2. The van der Waals surface area contributed by atoms with Gasteiger partial charge in [0.1, 0.15) is 0 Å². The molecule has 2 saturated heterocycles. The SMILES string of the molecule is O=C(Nc1ccc(C(=O)N2CCCC2)s1)[C@@H]1C[C@H](O)CN1. The lowest BCUT2D eigenvalue weighted by molar-refractivity contribution is -0.117. The van der Waals surface area contributed by atoms with Gasteiger partial charge in [-0.15, -0.1) is 11.3 Å². The van der Waals surface area contributed by atoms with Crippen LogP contribution in [0.25, 0.3) is 0 Å². The van der Waals surface area contributed by atoms with Crippen LogP contribution >= 0.6 is 11.3 Å². The molecule has 114 valence electrons. The van der Waals surface area contributed by atoms with Crippen molar-refractivity contribution in [3.8, 4) is 0 Å². The summed E-state index contributed by atoms with van der Waals surface area (Å²) in [6, 6.07) is 3.16. The Morgan fingerprint density at radius 1 is 1.33 bits per heavy atom. The highest BCUT2D eigenvalue weighted by Gasteiger charge is 2.28. The van der Waals surface area contributed by atoms with E-state index in [1.54, 1.807) is 12.1 Å². The Hall–Kier alpha value is -1.44. The van der Waals surface area contributed by atoms with Crippen LogP contribution in [-0.2, 0) is 4.79 Å². The molecule has 0 unspecified atom stereocenters. The van der Waals surface area contributed by atoms with Crippen molar-refractivity contribution in [1.82, 2.24) is 10.2 Å². The van der Waals surface area contributed by atoms with E-state index in [4.69, 9.17) is 0 Å². The van der Waals surface area contributed by atoms with Crippen LogP contribution in [0.3, 0.4) is 0 Å². The molecule has 2 amide bonds. The summed E-state index contributed by atoms with van der Waals surface area (Å²) >= 11 is 1.30. The fourth-order valence-electron chi connectivity index (χ4n) is 2.72. The number of likely N-dealkylation sites (tertiary alicyclic amines) is 1. The predicted octanol–water partition coefficient (Wildman–Crippen LogP) is 0.645. The second kappa shape index (κ2) is 6.13. The first kappa shape index (κ1) is 14.5. The predicted molar refractivity (Wildman–Crippen MR) is 80.5 cm³/mol. The van der Waals surface area contributed by atoms with Gasteiger partial charge in [0.25, 0.3) is 5.91 Å². The van der Waals surface area contributed by atoms with Gasteiger partial charge in [-0.25, -0.2) is 0 Å². The van der Waals surface area contributed by atoms with Crippen molar-refractivity contribution in [3.05, 3.63) is 17.0 Å². The van der Waals surface area contributed by atoms with Gasteiger partial charge >= 0.3 is 0 Å². The van der Waals surface area contributed by atoms with Gasteiger partial charge in [0.15, 0.2) is 0 Å². The van der Waals surface area contributed by atoms with Crippen molar-refractivity contribution in [1.29, 1.82) is 0 Å². The van der Waals surface area contributed by atoms with Crippen molar-refractivity contribution in [2.45, 2.75) is 31.4 Å². The van der Waals surface area contributed by atoms with Crippen LogP contribution in [0.5, 0.6) is 0 Å². The van der Waals surface area contributed by atoms with Crippen LogP contribution in [0.4, 0.5) is 5.00 Å². The number of carbonyl (C=O) groups excluding carboxylic acids is 2. The molecule has 0 aliphatic carbocycles. The van der Waals surface area contributed by atoms with Crippen LogP contribution < -0.4 is 10.6 Å². The van der Waals surface area contributed by atoms with Crippen LogP contribution in [0.15, 0.2) is 12.1 Å². The van der Waals surface area contributed by atoms with E-state index in [-0.39, 0.29) is 17.9 Å². The summed E-state index contributed by atoms with van der Waals surface area (Å²) in [5.41, 5.74) is 0. The van der Waals surface area contributed by atoms with E-state index in [1.165, 1.54) is 11.3 Å². The number of anilines is 1. The van der Waals surface area contributed by atoms with E-state index in [0.29, 0.717) is 22.8 Å². The minimum absolute atomic E-state index is 0.0485. The molecule has 3 rings (SSSR count). The highest BCUT2D eigenvalue weighted by atomic mass is 32.1. The largest absolute Gasteiger partial charge is 0.392 e. The molecule has 1 aromatic heterocycles. The minimum Gasteiger partial charge on any atom is -0.392 e. The van der Waals surface area contributed by atoms with Crippen molar-refractivity contribution < 1.29 is 14.7 Å². The van der Waals surface area contributed by atoms with Gasteiger partial charge in [0.05, 0.1) is 22.0 Å². The van der Waals surface area contributed by atoms with Gasteiger partial charge in [-0.2, -0.15) is 0 Å². The molecule has 2 aliphatic heterocycles. The third-order valence-corrected chi connectivity index (χ3v) is 4.87. The van der Waals surface area contributed by atoms with Crippen molar-refractivity contribution in [2.24, 2.45) is 0 Å². The second-order valence-corrected chi connectivity index (χ2v) is 6.59. The lowest BCUT2D eigenvalue weighted by Gasteiger charge is -2.13. The zero-order chi connectivity index (χ0) is 14.8. The number of nitrogens with zero attached hydrogens (tertiary/aromatic N) is 1. The summed E-state index contributed by atoms with van der Waals surface area (Å²) in [6.07, 6.45) is 2.10. The molecule has 6 nitrogen and oxygen atoms in total. The molecule has 21 heavy (non-hydrogen) atoms. The molecular weight excluding hydrogens is 290 g/mol. The average molecular weight is 309 g/mol. The van der Waals surface area contributed by atoms with Gasteiger partial charge in [-0.1, -0.05) is 0 Å². The molecular formula is C14H19N3O3S. The number of carbonyl (C=O) groups is 2. The highest BCUT2D eigenvalue weighted by Crippen LogP contribution is 2.25. The molecule has 2 aliphatic rings. The quantitative estimate of drug-likeness (QED) is 0.765. The molecule has 0 radical (unpaired) electrons. The smallest absolute Gasteiger partial charge is 0.263 e. The Bertz CT molecular complexity index is 539. The number of hydrogen-bond acceptors (Lipinski definition) is 5. The number of aliphatic hydroxyl groups is 1. The van der Waals surface area contributed by atoms with Crippen LogP contribution in [-0.4, -0.2) is 53.6 Å². The van der Waals surface area contributed by atoms with E-state index >= 15 is 0 Å². The standard InChI is InChI=1S/C14H19N3O3S/c18-9-7-10(15-8-9)13(19)16-12-4-3-11(21-12)14(20)17-5-1-2-6-17/h3-4,9-10,15,18H,1-2,5-8H2,(H,16,19)/t9-,10-/m0/s1. The third kappa shape index (κ3) is 3.25. The lowest BCUT2D eigenvalue weighted by Crippen LogP contribution is -2.35. The molecule has 3 heterocycles. The number of thiophene rings is 1. The Labute approximate surface area is 127 Å². The molecule has 1 aromatic rings. The Kier molecular flexibility index (Phi) is 4.23. The summed E-state index contributed by atoms with van der Waals surface area (Å²) in [5, 5.41) is 15.9. The van der Waals surface area contributed by atoms with E-state index < -0.39 is 6.10 Å². The molecule has 7 heteroatoms. The number of aliphatic hydroxyl groups excluding tert-OH is 1. The maximum atomic E-state index is 12.2. The highest BCUT2D eigenvalue weighted by molar-refractivity contribution is 7.18. The van der Waals surface area contributed by atoms with Crippen LogP contribution in [0.1, 0.15) is 28.9 Å². The normalized spacial score (nSPS) is 25.3. The van der Waals surface area contributed by atoms with Gasteiger partial charge < -0.3 is 20.6 Å². The van der Waals surface area contributed by atoms with Crippen molar-refractivity contribution >= 4 is 28.2 Å². The molecule has 0 bridgehead atoms. The molecule has 2 atom stereocenters. The Morgan fingerprint density at radius 2 is 2.10 bits per heavy atom. The number of β-amino-alcohol motifs (C(OH)–C–C–N with tert-alkyl or cyclic N) is 1. The topological polar surface area (TPSA) is 81.7 Å². The summed E-state index contributed by atoms with van der Waals surface area (Å²) < 4.78 is 0. The minimum atomic E-state index is -0.462. The molecule has 0 spiro atoms. The number of amides is 2. The van der Waals surface area contributed by atoms with Gasteiger partial charge in [0.2, 0.25) is 5.91 Å². The fraction of sp³-hybridized carbons (Fsp3) is 0.571. The zero-order valence-corrected chi connectivity index (χ0v) is 12.5. The van der Waals surface area contributed by atoms with Crippen LogP contribution in [0, 0.1) is 0 Å². The van der Waals surface area contributed by atoms with Crippen molar-refractivity contribution in [2.75, 3.05) is 25.0 Å². The summed E-state index contributed by atoms with van der Waals surface area (Å²) in [5.74, 6) is -0.110. The van der Waals surface area contributed by atoms with Gasteiger partial charge in [-0.3, -0.25) is 9.59 Å². The maximum Gasteiger partial charge on any atom is 0.263 e. The molecule has 2 fully saturated rings. The number of rotatable bonds is 3. The zero-order valence-electron chi connectivity index (χ0n) is 11.7. The monoisotopic (exact) mass is 309 g/mol. The third-order valence-electron chi connectivity index (χ3n) is 3.88. The summed E-state index contributed by atoms with van der Waals surface area (Å²) in [6.45, 7) is 2.09. The Morgan fingerprint density at radius 3 is 2.76 bits per heavy atom. The van der Waals surface area contributed by atoms with Crippen LogP contribution in [0.2, 0.25) is 0 Å². The van der Waals surface area contributed by atoms with Gasteiger partial charge in [-0.05, 0) is 31.4 Å².